The van der Waals surface area contributed by atoms with Crippen LogP contribution >= 0.6 is 0 Å². The van der Waals surface area contributed by atoms with Crippen LogP contribution in [0.5, 0.6) is 0 Å². The molecule has 0 unspecified atom stereocenters. The molecule has 1 fully saturated rings. The van der Waals surface area contributed by atoms with Gasteiger partial charge in [0, 0.05) is 25.0 Å². The van der Waals surface area contributed by atoms with E-state index in [9.17, 15) is 9.59 Å². The topological polar surface area (TPSA) is 76.5 Å². The van der Waals surface area contributed by atoms with Gasteiger partial charge in [-0.15, -0.1) is 0 Å². The molecule has 3 rings (SSSR count). The van der Waals surface area contributed by atoms with Crippen LogP contribution in [-0.2, 0) is 11.3 Å². The lowest BCUT2D eigenvalue weighted by Gasteiger charge is -2.26. The zero-order chi connectivity index (χ0) is 16.2. The molecule has 0 saturated carbocycles. The van der Waals surface area contributed by atoms with Gasteiger partial charge in [0.05, 0.1) is 18.6 Å². The van der Waals surface area contributed by atoms with Gasteiger partial charge in [0.1, 0.15) is 0 Å². The molecule has 7 nitrogen and oxygen atoms in total. The lowest BCUT2D eigenvalue weighted by molar-refractivity contribution is 0.0124. The Balaban J connectivity index is 1.99. The highest BCUT2D eigenvalue weighted by atomic mass is 16.5. The number of aryl methyl sites for hydroxylation is 1. The number of ether oxygens (including phenoxy) is 1. The molecule has 1 aliphatic heterocycles. The van der Waals surface area contributed by atoms with Crippen LogP contribution in [0.15, 0.2) is 29.1 Å². The van der Waals surface area contributed by atoms with E-state index in [2.05, 4.69) is 10.5 Å². The van der Waals surface area contributed by atoms with E-state index in [1.165, 1.54) is 4.68 Å². The third-order valence-corrected chi connectivity index (χ3v) is 3.79. The first-order valence-electron chi connectivity index (χ1n) is 7.84. The van der Waals surface area contributed by atoms with E-state index >= 15 is 0 Å². The van der Waals surface area contributed by atoms with Gasteiger partial charge in [-0.25, -0.2) is 9.69 Å². The first-order chi connectivity index (χ1) is 11.2. The number of benzene rings is 1. The van der Waals surface area contributed by atoms with Crippen LogP contribution in [0.4, 0.5) is 0 Å². The van der Waals surface area contributed by atoms with Crippen molar-refractivity contribution in [1.29, 1.82) is 0 Å². The molecule has 0 atom stereocenters. The maximum atomic E-state index is 12.6. The molecule has 122 valence electrons. The molecule has 1 N–H and O–H groups in total. The quantitative estimate of drug-likeness (QED) is 0.902. The molecule has 7 heteroatoms. The van der Waals surface area contributed by atoms with Gasteiger partial charge >= 0.3 is 0 Å². The number of carbonyl (C=O) groups excluding carboxylic acids is 1. The highest BCUT2D eigenvalue weighted by Crippen LogP contribution is 2.13. The average molecular weight is 316 g/mol. The van der Waals surface area contributed by atoms with Crippen LogP contribution < -0.4 is 11.0 Å². The van der Waals surface area contributed by atoms with E-state index in [0.717, 1.165) is 6.42 Å². The van der Waals surface area contributed by atoms with Gasteiger partial charge in [0.25, 0.3) is 11.5 Å². The number of nitrogens with zero attached hydrogens (tertiary/aromatic N) is 3. The van der Waals surface area contributed by atoms with E-state index in [1.807, 2.05) is 11.9 Å². The standard InChI is InChI=1S/C16H20N4O3/c1-2-7-20-16(22)13-6-4-3-5-12(13)14(17-20)15(21)18-19-8-10-23-11-9-19/h3-6H,2,7-11H2,1H3,(H,18,21). The van der Waals surface area contributed by atoms with Crippen molar-refractivity contribution >= 4 is 16.7 Å². The monoisotopic (exact) mass is 316 g/mol. The molecule has 1 aliphatic rings. The van der Waals surface area contributed by atoms with Crippen molar-refractivity contribution in [3.63, 3.8) is 0 Å². The van der Waals surface area contributed by atoms with Crippen LogP contribution in [0, 0.1) is 0 Å². The lowest BCUT2D eigenvalue weighted by atomic mass is 10.1. The Hall–Kier alpha value is -2.25. The maximum Gasteiger partial charge on any atom is 0.286 e. The predicted molar refractivity (Wildman–Crippen MR) is 86.2 cm³/mol. The van der Waals surface area contributed by atoms with Crippen molar-refractivity contribution in [2.24, 2.45) is 0 Å². The molecule has 1 aromatic carbocycles. The molecule has 0 aliphatic carbocycles. The van der Waals surface area contributed by atoms with Crippen molar-refractivity contribution in [3.05, 3.63) is 40.3 Å². The SMILES string of the molecule is CCCn1nc(C(=O)NN2CCOCC2)c2ccccc2c1=O. The molecule has 1 aromatic heterocycles. The number of rotatable bonds is 4. The summed E-state index contributed by atoms with van der Waals surface area (Å²) in [5.74, 6) is -0.298. The summed E-state index contributed by atoms with van der Waals surface area (Å²) in [7, 11) is 0. The van der Waals surface area contributed by atoms with E-state index in [1.54, 1.807) is 24.3 Å². The van der Waals surface area contributed by atoms with Crippen LogP contribution in [0.25, 0.3) is 10.8 Å². The highest BCUT2D eigenvalue weighted by molar-refractivity contribution is 6.04. The van der Waals surface area contributed by atoms with Gasteiger partial charge in [-0.05, 0) is 12.5 Å². The van der Waals surface area contributed by atoms with Crippen LogP contribution in [0.3, 0.4) is 0 Å². The number of carbonyl (C=O) groups is 1. The fourth-order valence-corrected chi connectivity index (χ4v) is 2.64. The Bertz CT molecular complexity index is 765. The Morgan fingerprint density at radius 1 is 1.26 bits per heavy atom. The fourth-order valence-electron chi connectivity index (χ4n) is 2.64. The predicted octanol–water partition coefficient (Wildman–Crippen LogP) is 0.784. The van der Waals surface area contributed by atoms with Crippen molar-refractivity contribution in [3.8, 4) is 0 Å². The van der Waals surface area contributed by atoms with Gasteiger partial charge in [-0.1, -0.05) is 25.1 Å². The summed E-state index contributed by atoms with van der Waals surface area (Å²) in [6, 6.07) is 7.09. The van der Waals surface area contributed by atoms with Crippen LogP contribution in [0.1, 0.15) is 23.8 Å². The Morgan fingerprint density at radius 3 is 2.65 bits per heavy atom. The first-order valence-corrected chi connectivity index (χ1v) is 7.84. The lowest BCUT2D eigenvalue weighted by Crippen LogP contribution is -2.48. The molecule has 23 heavy (non-hydrogen) atoms. The van der Waals surface area contributed by atoms with Crippen molar-refractivity contribution < 1.29 is 9.53 Å². The normalized spacial score (nSPS) is 15.7. The largest absolute Gasteiger partial charge is 0.379 e. The zero-order valence-corrected chi connectivity index (χ0v) is 13.1. The van der Waals surface area contributed by atoms with Crippen LogP contribution in [-0.4, -0.2) is 47.0 Å². The van der Waals surface area contributed by atoms with Crippen molar-refractivity contribution in [2.75, 3.05) is 26.3 Å². The van der Waals surface area contributed by atoms with E-state index in [-0.39, 0.29) is 17.2 Å². The van der Waals surface area contributed by atoms with E-state index < -0.39 is 0 Å². The zero-order valence-electron chi connectivity index (χ0n) is 13.1. The number of amides is 1. The minimum absolute atomic E-state index is 0.162. The van der Waals surface area contributed by atoms with Gasteiger partial charge in [0.15, 0.2) is 5.69 Å². The van der Waals surface area contributed by atoms with E-state index in [4.69, 9.17) is 4.74 Å². The summed E-state index contributed by atoms with van der Waals surface area (Å²) in [6.07, 6.45) is 0.774. The number of hydrogen-bond acceptors (Lipinski definition) is 5. The summed E-state index contributed by atoms with van der Waals surface area (Å²) in [4.78, 5) is 25.0. The molecule has 2 aromatic rings. The molecule has 0 bridgehead atoms. The third-order valence-electron chi connectivity index (χ3n) is 3.79. The molecular weight excluding hydrogens is 296 g/mol. The van der Waals surface area contributed by atoms with Crippen LogP contribution in [0.2, 0.25) is 0 Å². The molecular formula is C16H20N4O3. The summed E-state index contributed by atoms with van der Waals surface area (Å²) >= 11 is 0. The number of hydrogen-bond donors (Lipinski definition) is 1. The fraction of sp³-hybridized carbons (Fsp3) is 0.438. The van der Waals surface area contributed by atoms with Gasteiger partial charge in [-0.2, -0.15) is 5.10 Å². The first kappa shape index (κ1) is 15.6. The number of hydrazine groups is 1. The Kier molecular flexibility index (Phi) is 4.68. The minimum Gasteiger partial charge on any atom is -0.379 e. The highest BCUT2D eigenvalue weighted by Gasteiger charge is 2.19. The second-order valence-electron chi connectivity index (χ2n) is 5.46. The second kappa shape index (κ2) is 6.89. The van der Waals surface area contributed by atoms with Gasteiger partial charge in [0.2, 0.25) is 0 Å². The van der Waals surface area contributed by atoms with Crippen molar-refractivity contribution in [2.45, 2.75) is 19.9 Å². The maximum absolute atomic E-state index is 12.6. The molecule has 0 radical (unpaired) electrons. The van der Waals surface area contributed by atoms with Gasteiger partial charge in [-0.3, -0.25) is 15.0 Å². The number of fused-ring (bicyclic) bond motifs is 1. The minimum atomic E-state index is -0.298. The number of nitrogens with one attached hydrogen (secondary N) is 1. The second-order valence-corrected chi connectivity index (χ2v) is 5.46. The third kappa shape index (κ3) is 3.25. The summed E-state index contributed by atoms with van der Waals surface area (Å²) in [6.45, 7) is 4.91. The molecule has 2 heterocycles. The van der Waals surface area contributed by atoms with Gasteiger partial charge < -0.3 is 4.74 Å². The average Bonchev–Trinajstić information content (AvgIpc) is 2.58. The van der Waals surface area contributed by atoms with Crippen molar-refractivity contribution in [1.82, 2.24) is 20.2 Å². The Morgan fingerprint density at radius 2 is 1.96 bits per heavy atom. The number of aromatic nitrogens is 2. The summed E-state index contributed by atoms with van der Waals surface area (Å²) in [5.41, 5.74) is 2.97. The summed E-state index contributed by atoms with van der Waals surface area (Å²) in [5, 5.41) is 7.20. The smallest absolute Gasteiger partial charge is 0.286 e. The Labute approximate surface area is 133 Å². The molecule has 0 spiro atoms. The number of morpholine rings is 1. The molecule has 1 saturated heterocycles. The van der Waals surface area contributed by atoms with E-state index in [0.29, 0.717) is 43.6 Å². The molecule has 1 amide bonds. The summed E-state index contributed by atoms with van der Waals surface area (Å²) < 4.78 is 6.64.